The second-order valence-corrected chi connectivity index (χ2v) is 5.07. The molecule has 0 spiro atoms. The van der Waals surface area contributed by atoms with Crippen molar-refractivity contribution in [1.29, 1.82) is 0 Å². The van der Waals surface area contributed by atoms with Crippen LogP contribution in [0.4, 0.5) is 10.6 Å². The van der Waals surface area contributed by atoms with Crippen molar-refractivity contribution in [2.45, 2.75) is 18.9 Å². The van der Waals surface area contributed by atoms with Gasteiger partial charge in [0, 0.05) is 24.5 Å². The number of piperidine rings is 1. The summed E-state index contributed by atoms with van der Waals surface area (Å²) in [6.07, 6.45) is 0.703. The van der Waals surface area contributed by atoms with E-state index in [0.717, 1.165) is 42.7 Å². The number of hydrogen-bond acceptors (Lipinski definition) is 3. The highest BCUT2D eigenvalue weighted by Crippen LogP contribution is 2.21. The third kappa shape index (κ3) is 2.66. The topological polar surface area (TPSA) is 65.5 Å². The maximum atomic E-state index is 10.6. The number of fused-ring (bicyclic) bond motifs is 1. The zero-order valence-electron chi connectivity index (χ0n) is 11.1. The highest BCUT2D eigenvalue weighted by atomic mass is 16.4. The molecule has 5 nitrogen and oxygen atoms in total. The summed E-state index contributed by atoms with van der Waals surface area (Å²) in [4.78, 5) is 17.5. The Morgan fingerprint density at radius 1 is 1.20 bits per heavy atom. The van der Waals surface area contributed by atoms with Crippen LogP contribution in [0.2, 0.25) is 0 Å². The van der Waals surface area contributed by atoms with Crippen LogP contribution in [0.3, 0.4) is 0 Å². The molecule has 1 aliphatic rings. The monoisotopic (exact) mass is 271 g/mol. The lowest BCUT2D eigenvalue weighted by molar-refractivity contribution is 0.187. The van der Waals surface area contributed by atoms with Gasteiger partial charge in [0.25, 0.3) is 0 Å². The summed E-state index contributed by atoms with van der Waals surface area (Å²) in [7, 11) is 0. The lowest BCUT2D eigenvalue weighted by Crippen LogP contribution is -2.44. The summed E-state index contributed by atoms with van der Waals surface area (Å²) in [5.74, 6) is 0.970. The van der Waals surface area contributed by atoms with Gasteiger partial charge in [-0.1, -0.05) is 18.2 Å². The Bertz CT molecular complexity index is 621. The van der Waals surface area contributed by atoms with Gasteiger partial charge in [-0.25, -0.2) is 9.78 Å². The van der Waals surface area contributed by atoms with E-state index in [2.05, 4.69) is 27.3 Å². The number of benzene rings is 1. The molecule has 1 aliphatic heterocycles. The fourth-order valence-corrected chi connectivity index (χ4v) is 2.66. The molecule has 2 N–H and O–H groups in total. The quantitative estimate of drug-likeness (QED) is 0.880. The van der Waals surface area contributed by atoms with E-state index in [4.69, 9.17) is 5.11 Å². The van der Waals surface area contributed by atoms with Gasteiger partial charge < -0.3 is 15.3 Å². The minimum Gasteiger partial charge on any atom is -0.465 e. The van der Waals surface area contributed by atoms with E-state index in [1.54, 1.807) is 0 Å². The van der Waals surface area contributed by atoms with Crippen LogP contribution in [-0.4, -0.2) is 35.3 Å². The SMILES string of the molecule is O=C(O)NC1CCN(c2ccc3ccccc3n2)CC1. The van der Waals surface area contributed by atoms with Crippen LogP contribution in [0.15, 0.2) is 36.4 Å². The Morgan fingerprint density at radius 2 is 1.95 bits per heavy atom. The lowest BCUT2D eigenvalue weighted by Gasteiger charge is -2.32. The molecule has 0 unspecified atom stereocenters. The van der Waals surface area contributed by atoms with Gasteiger partial charge in [0.15, 0.2) is 0 Å². The highest BCUT2D eigenvalue weighted by molar-refractivity contribution is 5.80. The molecule has 5 heteroatoms. The van der Waals surface area contributed by atoms with Crippen molar-refractivity contribution in [3.8, 4) is 0 Å². The average Bonchev–Trinajstić information content (AvgIpc) is 2.47. The van der Waals surface area contributed by atoms with Crippen molar-refractivity contribution in [1.82, 2.24) is 10.3 Å². The predicted octanol–water partition coefficient (Wildman–Crippen LogP) is 2.47. The number of rotatable bonds is 2. The smallest absolute Gasteiger partial charge is 0.404 e. The van der Waals surface area contributed by atoms with Gasteiger partial charge >= 0.3 is 6.09 Å². The first-order chi connectivity index (χ1) is 9.72. The van der Waals surface area contributed by atoms with Crippen LogP contribution >= 0.6 is 0 Å². The third-order valence-electron chi connectivity index (χ3n) is 3.73. The van der Waals surface area contributed by atoms with E-state index in [9.17, 15) is 4.79 Å². The molecule has 0 aliphatic carbocycles. The molecule has 1 amide bonds. The number of amides is 1. The first kappa shape index (κ1) is 12.7. The molecule has 3 rings (SSSR count). The van der Waals surface area contributed by atoms with E-state index in [-0.39, 0.29) is 6.04 Å². The molecule has 0 atom stereocenters. The molecule has 1 fully saturated rings. The number of pyridine rings is 1. The number of aromatic nitrogens is 1. The van der Waals surface area contributed by atoms with Crippen molar-refractivity contribution in [2.75, 3.05) is 18.0 Å². The average molecular weight is 271 g/mol. The summed E-state index contributed by atoms with van der Waals surface area (Å²) in [6, 6.07) is 12.2. The Labute approximate surface area is 117 Å². The van der Waals surface area contributed by atoms with Crippen LogP contribution < -0.4 is 10.2 Å². The zero-order valence-corrected chi connectivity index (χ0v) is 11.1. The minimum absolute atomic E-state index is 0.0595. The van der Waals surface area contributed by atoms with Gasteiger partial charge in [-0.05, 0) is 31.0 Å². The van der Waals surface area contributed by atoms with Crippen molar-refractivity contribution < 1.29 is 9.90 Å². The fourth-order valence-electron chi connectivity index (χ4n) is 2.66. The molecule has 20 heavy (non-hydrogen) atoms. The first-order valence-electron chi connectivity index (χ1n) is 6.82. The second kappa shape index (κ2) is 5.36. The minimum atomic E-state index is -0.938. The maximum absolute atomic E-state index is 10.6. The molecule has 1 saturated heterocycles. The largest absolute Gasteiger partial charge is 0.465 e. The van der Waals surface area contributed by atoms with Crippen molar-refractivity contribution >= 4 is 22.8 Å². The maximum Gasteiger partial charge on any atom is 0.404 e. The van der Waals surface area contributed by atoms with E-state index >= 15 is 0 Å². The zero-order chi connectivity index (χ0) is 13.9. The van der Waals surface area contributed by atoms with Gasteiger partial charge in [0.2, 0.25) is 0 Å². The third-order valence-corrected chi connectivity index (χ3v) is 3.73. The Morgan fingerprint density at radius 3 is 2.70 bits per heavy atom. The van der Waals surface area contributed by atoms with Gasteiger partial charge in [0.05, 0.1) is 5.52 Å². The lowest BCUT2D eigenvalue weighted by atomic mass is 10.1. The molecule has 0 saturated carbocycles. The summed E-state index contributed by atoms with van der Waals surface area (Å²) < 4.78 is 0. The predicted molar refractivity (Wildman–Crippen MR) is 78.1 cm³/mol. The molecule has 1 aromatic carbocycles. The highest BCUT2D eigenvalue weighted by Gasteiger charge is 2.21. The van der Waals surface area contributed by atoms with Crippen molar-refractivity contribution in [2.24, 2.45) is 0 Å². The summed E-state index contributed by atoms with van der Waals surface area (Å²) in [6.45, 7) is 1.66. The van der Waals surface area contributed by atoms with Gasteiger partial charge in [-0.3, -0.25) is 0 Å². The number of carboxylic acid groups (broad SMARTS) is 1. The summed E-state index contributed by atoms with van der Waals surface area (Å²) in [5, 5.41) is 12.4. The molecule has 0 bridgehead atoms. The first-order valence-corrected chi connectivity index (χ1v) is 6.82. The van der Waals surface area contributed by atoms with Crippen LogP contribution in [0, 0.1) is 0 Å². The van der Waals surface area contributed by atoms with Crippen LogP contribution in [0.5, 0.6) is 0 Å². The number of carbonyl (C=O) groups is 1. The van der Waals surface area contributed by atoms with Gasteiger partial charge in [-0.2, -0.15) is 0 Å². The number of hydrogen-bond donors (Lipinski definition) is 2. The normalized spacial score (nSPS) is 16.3. The number of para-hydroxylation sites is 1. The molecular formula is C15H17N3O2. The van der Waals surface area contributed by atoms with E-state index in [1.807, 2.05) is 24.3 Å². The Kier molecular flexibility index (Phi) is 3.41. The van der Waals surface area contributed by atoms with Crippen molar-refractivity contribution in [3.63, 3.8) is 0 Å². The van der Waals surface area contributed by atoms with E-state index in [1.165, 1.54) is 0 Å². The fraction of sp³-hybridized carbons (Fsp3) is 0.333. The van der Waals surface area contributed by atoms with Gasteiger partial charge in [-0.15, -0.1) is 0 Å². The number of nitrogens with zero attached hydrogens (tertiary/aromatic N) is 2. The standard InChI is InChI=1S/C15H17N3O2/c19-15(20)16-12-7-9-18(10-8-12)14-6-5-11-3-1-2-4-13(11)17-14/h1-6,12,16H,7-10H2,(H,19,20). The number of nitrogens with one attached hydrogen (secondary N) is 1. The van der Waals surface area contributed by atoms with Gasteiger partial charge in [0.1, 0.15) is 5.82 Å². The number of anilines is 1. The molecule has 0 radical (unpaired) electrons. The molecule has 104 valence electrons. The second-order valence-electron chi connectivity index (χ2n) is 5.07. The molecule has 1 aromatic heterocycles. The summed E-state index contributed by atoms with van der Waals surface area (Å²) >= 11 is 0. The molecule has 2 heterocycles. The van der Waals surface area contributed by atoms with Crippen LogP contribution in [0.25, 0.3) is 10.9 Å². The molecular weight excluding hydrogens is 254 g/mol. The van der Waals surface area contributed by atoms with E-state index in [0.29, 0.717) is 0 Å². The molecule has 2 aromatic rings. The van der Waals surface area contributed by atoms with Crippen LogP contribution in [0.1, 0.15) is 12.8 Å². The summed E-state index contributed by atoms with van der Waals surface area (Å²) in [5.41, 5.74) is 0.996. The van der Waals surface area contributed by atoms with Crippen molar-refractivity contribution in [3.05, 3.63) is 36.4 Å². The Hall–Kier alpha value is -2.30. The van der Waals surface area contributed by atoms with Crippen LogP contribution in [-0.2, 0) is 0 Å². The Balaban J connectivity index is 1.71. The van der Waals surface area contributed by atoms with E-state index < -0.39 is 6.09 Å².